The van der Waals surface area contributed by atoms with Crippen molar-refractivity contribution >= 4 is 38.5 Å². The molecule has 0 saturated heterocycles. The van der Waals surface area contributed by atoms with Crippen LogP contribution in [-0.2, 0) is 6.61 Å². The average molecular weight is 425 g/mol. The second-order valence-electron chi connectivity index (χ2n) is 5.82. The maximum absolute atomic E-state index is 13.3. The van der Waals surface area contributed by atoms with Crippen LogP contribution in [0.1, 0.15) is 5.56 Å². The van der Waals surface area contributed by atoms with Crippen molar-refractivity contribution in [2.75, 3.05) is 5.32 Å². The van der Waals surface area contributed by atoms with Gasteiger partial charge in [0.15, 0.2) is 0 Å². The molecule has 27 heavy (non-hydrogen) atoms. The first-order valence-electron chi connectivity index (χ1n) is 8.18. The molecule has 4 aromatic rings. The molecule has 0 fully saturated rings. The van der Waals surface area contributed by atoms with E-state index in [4.69, 9.17) is 4.74 Å². The zero-order chi connectivity index (χ0) is 18.6. The molecular weight excluding hydrogens is 411 g/mol. The predicted octanol–water partition coefficient (Wildman–Crippen LogP) is 5.25. The molecule has 134 valence electrons. The summed E-state index contributed by atoms with van der Waals surface area (Å²) in [4.78, 5) is 12.9. The molecule has 0 bridgehead atoms. The molecule has 0 amide bonds. The number of nitrogens with zero attached hydrogens (tertiary/aromatic N) is 3. The van der Waals surface area contributed by atoms with Crippen LogP contribution in [0.2, 0.25) is 0 Å². The molecule has 0 spiro atoms. The number of hydrogen-bond acceptors (Lipinski definition) is 5. The van der Waals surface area contributed by atoms with Gasteiger partial charge in [0.25, 0.3) is 0 Å². The van der Waals surface area contributed by atoms with Gasteiger partial charge in [0.1, 0.15) is 18.2 Å². The van der Waals surface area contributed by atoms with Gasteiger partial charge in [0, 0.05) is 41.3 Å². The van der Waals surface area contributed by atoms with Crippen LogP contribution in [0, 0.1) is 5.82 Å². The molecular formula is C20H14BrFN4O. The highest BCUT2D eigenvalue weighted by molar-refractivity contribution is 9.10. The normalized spacial score (nSPS) is 10.7. The maximum atomic E-state index is 13.3. The van der Waals surface area contributed by atoms with Crippen LogP contribution < -0.4 is 10.1 Å². The number of aromatic nitrogens is 3. The van der Waals surface area contributed by atoms with Gasteiger partial charge in [0.2, 0.25) is 5.95 Å². The summed E-state index contributed by atoms with van der Waals surface area (Å²) in [5.41, 5.74) is 2.27. The van der Waals surface area contributed by atoms with Crippen LogP contribution in [0.4, 0.5) is 16.0 Å². The molecule has 4 rings (SSSR count). The summed E-state index contributed by atoms with van der Waals surface area (Å²) >= 11 is 3.52. The van der Waals surface area contributed by atoms with Gasteiger partial charge in [0.05, 0.1) is 9.99 Å². The quantitative estimate of drug-likeness (QED) is 0.474. The summed E-state index contributed by atoms with van der Waals surface area (Å²) in [5.74, 6) is 0.728. The Morgan fingerprint density at radius 2 is 2.00 bits per heavy atom. The first-order valence-corrected chi connectivity index (χ1v) is 8.97. The Bertz CT molecular complexity index is 1090. The second kappa shape index (κ2) is 7.67. The van der Waals surface area contributed by atoms with E-state index in [0.29, 0.717) is 29.5 Å². The van der Waals surface area contributed by atoms with Crippen molar-refractivity contribution in [3.05, 3.63) is 83.0 Å². The number of anilines is 2. The highest BCUT2D eigenvalue weighted by Crippen LogP contribution is 2.30. The number of halogens is 2. The van der Waals surface area contributed by atoms with Gasteiger partial charge in [-0.2, -0.15) is 0 Å². The van der Waals surface area contributed by atoms with Crippen LogP contribution in [0.15, 0.2) is 71.6 Å². The van der Waals surface area contributed by atoms with E-state index < -0.39 is 0 Å². The van der Waals surface area contributed by atoms with Gasteiger partial charge in [-0.05, 0) is 46.3 Å². The minimum atomic E-state index is -0.323. The Morgan fingerprint density at radius 3 is 2.81 bits per heavy atom. The van der Waals surface area contributed by atoms with Crippen molar-refractivity contribution in [2.45, 2.75) is 6.61 Å². The molecule has 0 aliphatic carbocycles. The first kappa shape index (κ1) is 17.4. The molecule has 2 aromatic carbocycles. The van der Waals surface area contributed by atoms with Gasteiger partial charge >= 0.3 is 0 Å². The molecule has 2 aromatic heterocycles. The standard InChI is InChI=1S/C20H14BrFN4O/c21-17-7-14-11-24-20(25-16-5-1-4-15(22)8-16)26-18(14)9-19(17)27-12-13-3-2-6-23-10-13/h1-11H,12H2,(H,24,25,26). The number of fused-ring (bicyclic) bond motifs is 1. The lowest BCUT2D eigenvalue weighted by Gasteiger charge is -2.10. The molecule has 0 aliphatic rings. The van der Waals surface area contributed by atoms with E-state index in [1.54, 1.807) is 30.7 Å². The van der Waals surface area contributed by atoms with Gasteiger partial charge in [-0.25, -0.2) is 14.4 Å². The molecule has 0 radical (unpaired) electrons. The molecule has 2 heterocycles. The van der Waals surface area contributed by atoms with Crippen LogP contribution in [0.25, 0.3) is 10.9 Å². The van der Waals surface area contributed by atoms with E-state index in [0.717, 1.165) is 15.4 Å². The summed E-state index contributed by atoms with van der Waals surface area (Å²) in [7, 11) is 0. The summed E-state index contributed by atoms with van der Waals surface area (Å²) in [6.45, 7) is 0.400. The van der Waals surface area contributed by atoms with E-state index in [9.17, 15) is 4.39 Å². The fraction of sp³-hybridized carbons (Fsp3) is 0.0500. The van der Waals surface area contributed by atoms with E-state index in [-0.39, 0.29) is 5.82 Å². The SMILES string of the molecule is Fc1cccc(Nc2ncc3cc(Br)c(OCc4cccnc4)cc3n2)c1. The molecule has 7 heteroatoms. The molecule has 1 N–H and O–H groups in total. The van der Waals surface area contributed by atoms with Gasteiger partial charge < -0.3 is 10.1 Å². The summed E-state index contributed by atoms with van der Waals surface area (Å²) in [6, 6.07) is 13.7. The zero-order valence-corrected chi connectivity index (χ0v) is 15.6. The Kier molecular flexibility index (Phi) is 4.93. The minimum absolute atomic E-state index is 0.323. The molecule has 0 aliphatic heterocycles. The van der Waals surface area contributed by atoms with E-state index in [2.05, 4.69) is 36.2 Å². The Morgan fingerprint density at radius 1 is 1.07 bits per heavy atom. The first-order chi connectivity index (χ1) is 13.2. The van der Waals surface area contributed by atoms with Crippen molar-refractivity contribution in [3.63, 3.8) is 0 Å². The Labute approximate surface area is 163 Å². The van der Waals surface area contributed by atoms with Gasteiger partial charge in [-0.3, -0.25) is 4.98 Å². The lowest BCUT2D eigenvalue weighted by Crippen LogP contribution is -1.99. The second-order valence-corrected chi connectivity index (χ2v) is 6.67. The fourth-order valence-corrected chi connectivity index (χ4v) is 3.02. The molecule has 0 saturated carbocycles. The van der Waals surface area contributed by atoms with E-state index in [1.165, 1.54) is 12.1 Å². The zero-order valence-electron chi connectivity index (χ0n) is 14.1. The summed E-state index contributed by atoms with van der Waals surface area (Å²) in [6.07, 6.45) is 5.19. The predicted molar refractivity (Wildman–Crippen MR) is 105 cm³/mol. The average Bonchev–Trinajstić information content (AvgIpc) is 2.67. The minimum Gasteiger partial charge on any atom is -0.488 e. The van der Waals surface area contributed by atoms with E-state index >= 15 is 0 Å². The summed E-state index contributed by atoms with van der Waals surface area (Å²) in [5, 5.41) is 3.87. The lowest BCUT2D eigenvalue weighted by atomic mass is 10.2. The number of nitrogens with one attached hydrogen (secondary N) is 1. The fourth-order valence-electron chi connectivity index (χ4n) is 2.54. The number of pyridine rings is 1. The van der Waals surface area contributed by atoms with Crippen molar-refractivity contribution in [1.82, 2.24) is 15.0 Å². The number of rotatable bonds is 5. The molecule has 0 atom stereocenters. The van der Waals surface area contributed by atoms with Gasteiger partial charge in [-0.1, -0.05) is 12.1 Å². The smallest absolute Gasteiger partial charge is 0.227 e. The van der Waals surface area contributed by atoms with Crippen molar-refractivity contribution in [3.8, 4) is 5.75 Å². The van der Waals surface area contributed by atoms with E-state index in [1.807, 2.05) is 24.3 Å². The molecule has 5 nitrogen and oxygen atoms in total. The monoisotopic (exact) mass is 424 g/mol. The Balaban J connectivity index is 1.59. The lowest BCUT2D eigenvalue weighted by molar-refractivity contribution is 0.304. The third-order valence-electron chi connectivity index (χ3n) is 3.83. The number of ether oxygens (including phenoxy) is 1. The summed E-state index contributed by atoms with van der Waals surface area (Å²) < 4.78 is 20.0. The van der Waals surface area contributed by atoms with Crippen molar-refractivity contribution in [1.29, 1.82) is 0 Å². The topological polar surface area (TPSA) is 59.9 Å². The highest BCUT2D eigenvalue weighted by atomic mass is 79.9. The Hall–Kier alpha value is -3.06. The van der Waals surface area contributed by atoms with Crippen LogP contribution in [-0.4, -0.2) is 15.0 Å². The van der Waals surface area contributed by atoms with Crippen molar-refractivity contribution in [2.24, 2.45) is 0 Å². The third kappa shape index (κ3) is 4.20. The van der Waals surface area contributed by atoms with Crippen LogP contribution in [0.5, 0.6) is 5.75 Å². The highest BCUT2D eigenvalue weighted by Gasteiger charge is 2.08. The van der Waals surface area contributed by atoms with Crippen molar-refractivity contribution < 1.29 is 9.13 Å². The van der Waals surface area contributed by atoms with Crippen LogP contribution in [0.3, 0.4) is 0 Å². The number of benzene rings is 2. The van der Waals surface area contributed by atoms with Crippen LogP contribution >= 0.6 is 15.9 Å². The largest absolute Gasteiger partial charge is 0.488 e. The molecule has 0 unspecified atom stereocenters. The number of hydrogen-bond donors (Lipinski definition) is 1. The van der Waals surface area contributed by atoms with Gasteiger partial charge in [-0.15, -0.1) is 0 Å². The third-order valence-corrected chi connectivity index (χ3v) is 4.45. The maximum Gasteiger partial charge on any atom is 0.227 e.